The van der Waals surface area contributed by atoms with Gasteiger partial charge in [-0.1, -0.05) is 12.1 Å². The van der Waals surface area contributed by atoms with E-state index in [-0.39, 0.29) is 18.2 Å². The van der Waals surface area contributed by atoms with E-state index in [4.69, 9.17) is 13.6 Å². The largest absolute Gasteiger partial charge is 0.493 e. The maximum absolute atomic E-state index is 12.6. The predicted molar refractivity (Wildman–Crippen MR) is 100 cm³/mol. The van der Waals surface area contributed by atoms with E-state index in [0.717, 1.165) is 0 Å². The van der Waals surface area contributed by atoms with E-state index in [1.807, 2.05) is 0 Å². The van der Waals surface area contributed by atoms with E-state index < -0.39 is 11.5 Å². The molecule has 8 heteroatoms. The number of nitrogens with zero attached hydrogens (tertiary/aromatic N) is 2. The highest BCUT2D eigenvalue weighted by atomic mass is 16.5. The summed E-state index contributed by atoms with van der Waals surface area (Å²) in [5, 5.41) is 7.57. The third-order valence-corrected chi connectivity index (χ3v) is 4.36. The van der Waals surface area contributed by atoms with Crippen LogP contribution in [0.15, 0.2) is 74.8 Å². The molecular weight excluding hydrogens is 362 g/mol. The second-order valence-electron chi connectivity index (χ2n) is 6.05. The van der Waals surface area contributed by atoms with Crippen molar-refractivity contribution < 1.29 is 18.4 Å². The van der Waals surface area contributed by atoms with E-state index in [0.29, 0.717) is 22.5 Å². The van der Waals surface area contributed by atoms with Crippen LogP contribution in [0.4, 0.5) is 0 Å². The average Bonchev–Trinajstić information content (AvgIpc) is 3.42. The maximum atomic E-state index is 12.6. The van der Waals surface area contributed by atoms with Crippen LogP contribution in [0, 0.1) is 0 Å². The quantitative estimate of drug-likeness (QED) is 0.517. The summed E-state index contributed by atoms with van der Waals surface area (Å²) in [6.45, 7) is 0.184. The monoisotopic (exact) mass is 379 g/mol. The lowest BCUT2D eigenvalue weighted by Crippen LogP contribution is -2.33. The van der Waals surface area contributed by atoms with Crippen LogP contribution in [-0.4, -0.2) is 29.3 Å². The standard InChI is InChI=1S/C20H17N3O5/c1-26-17-6-2-5-13-11-14(20(25)28-18(13)17)19(24)21-12-15(16-7-3-10-27-16)23-9-4-8-22-23/h2-11,15H,12H2,1H3,(H,21,24). The molecule has 0 bridgehead atoms. The third-order valence-electron chi connectivity index (χ3n) is 4.36. The summed E-state index contributed by atoms with van der Waals surface area (Å²) in [7, 11) is 1.49. The number of rotatable bonds is 6. The number of nitrogens with one attached hydrogen (secondary N) is 1. The van der Waals surface area contributed by atoms with E-state index in [9.17, 15) is 9.59 Å². The van der Waals surface area contributed by atoms with Crippen LogP contribution < -0.4 is 15.7 Å². The number of amides is 1. The second-order valence-corrected chi connectivity index (χ2v) is 6.05. The molecule has 0 radical (unpaired) electrons. The van der Waals surface area contributed by atoms with Gasteiger partial charge in [0, 0.05) is 24.3 Å². The topological polar surface area (TPSA) is 99.5 Å². The molecule has 4 rings (SSSR count). The number of hydrogen-bond acceptors (Lipinski definition) is 6. The molecule has 3 heterocycles. The fourth-order valence-corrected chi connectivity index (χ4v) is 2.99. The summed E-state index contributed by atoms with van der Waals surface area (Å²) >= 11 is 0. The zero-order chi connectivity index (χ0) is 19.5. The Labute approximate surface area is 159 Å². The zero-order valence-electron chi connectivity index (χ0n) is 15.0. The minimum atomic E-state index is -0.733. The molecule has 142 valence electrons. The Balaban J connectivity index is 1.59. The van der Waals surface area contributed by atoms with Crippen LogP contribution in [-0.2, 0) is 0 Å². The van der Waals surface area contributed by atoms with Crippen molar-refractivity contribution in [2.75, 3.05) is 13.7 Å². The average molecular weight is 379 g/mol. The van der Waals surface area contributed by atoms with Gasteiger partial charge >= 0.3 is 5.63 Å². The number of fused-ring (bicyclic) bond motifs is 1. The van der Waals surface area contributed by atoms with Gasteiger partial charge in [-0.05, 0) is 30.3 Å². The minimum absolute atomic E-state index is 0.0839. The van der Waals surface area contributed by atoms with Crippen molar-refractivity contribution in [1.82, 2.24) is 15.1 Å². The van der Waals surface area contributed by atoms with Gasteiger partial charge in [0.15, 0.2) is 11.3 Å². The number of methoxy groups -OCH3 is 1. The molecule has 0 saturated carbocycles. The Kier molecular flexibility index (Phi) is 4.67. The predicted octanol–water partition coefficient (Wildman–Crippen LogP) is 2.61. The highest BCUT2D eigenvalue weighted by molar-refractivity contribution is 5.97. The van der Waals surface area contributed by atoms with Gasteiger partial charge < -0.3 is 18.9 Å². The SMILES string of the molecule is COc1cccc2cc(C(=O)NCC(c3ccco3)n3cccn3)c(=O)oc12. The lowest BCUT2D eigenvalue weighted by Gasteiger charge is -2.16. The third kappa shape index (κ3) is 3.27. The molecule has 1 unspecified atom stereocenters. The van der Waals surface area contributed by atoms with Crippen LogP contribution in [0.2, 0.25) is 0 Å². The normalized spacial score (nSPS) is 12.0. The number of aromatic nitrogens is 2. The fourth-order valence-electron chi connectivity index (χ4n) is 2.99. The molecule has 4 aromatic rings. The van der Waals surface area contributed by atoms with E-state index in [1.54, 1.807) is 59.7 Å². The highest BCUT2D eigenvalue weighted by Crippen LogP contribution is 2.24. The summed E-state index contributed by atoms with van der Waals surface area (Å²) in [4.78, 5) is 25.0. The van der Waals surface area contributed by atoms with Crippen molar-refractivity contribution in [1.29, 1.82) is 0 Å². The Morgan fingerprint density at radius 2 is 2.18 bits per heavy atom. The molecule has 1 amide bonds. The first-order valence-electron chi connectivity index (χ1n) is 8.59. The summed E-state index contributed by atoms with van der Waals surface area (Å²) in [5.41, 5.74) is -0.515. The number of furan rings is 1. The first-order chi connectivity index (χ1) is 13.7. The van der Waals surface area contributed by atoms with E-state index in [1.165, 1.54) is 13.2 Å². The molecule has 8 nitrogen and oxygen atoms in total. The highest BCUT2D eigenvalue weighted by Gasteiger charge is 2.20. The molecule has 28 heavy (non-hydrogen) atoms. The summed E-state index contributed by atoms with van der Waals surface area (Å²) in [6.07, 6.45) is 4.97. The number of ether oxygens (including phenoxy) is 1. The van der Waals surface area contributed by atoms with Gasteiger partial charge in [0.05, 0.1) is 13.4 Å². The van der Waals surface area contributed by atoms with Gasteiger partial charge in [0.25, 0.3) is 5.91 Å². The molecule has 1 N–H and O–H groups in total. The number of benzene rings is 1. The molecule has 0 aliphatic rings. The van der Waals surface area contributed by atoms with Crippen LogP contribution in [0.5, 0.6) is 5.75 Å². The Morgan fingerprint density at radius 3 is 2.89 bits per heavy atom. The minimum Gasteiger partial charge on any atom is -0.493 e. The number of hydrogen-bond donors (Lipinski definition) is 1. The summed E-state index contributed by atoms with van der Waals surface area (Å²) in [6, 6.07) is 11.7. The van der Waals surface area contributed by atoms with Crippen molar-refractivity contribution >= 4 is 16.9 Å². The lowest BCUT2D eigenvalue weighted by atomic mass is 10.1. The van der Waals surface area contributed by atoms with Crippen LogP contribution >= 0.6 is 0 Å². The van der Waals surface area contributed by atoms with Crippen molar-refractivity contribution in [3.05, 3.63) is 82.9 Å². The molecule has 1 aromatic carbocycles. The van der Waals surface area contributed by atoms with Gasteiger partial charge in [-0.3, -0.25) is 9.48 Å². The maximum Gasteiger partial charge on any atom is 0.349 e. The molecule has 1 atom stereocenters. The van der Waals surface area contributed by atoms with Gasteiger partial charge in [-0.15, -0.1) is 0 Å². The molecule has 0 spiro atoms. The molecule has 0 fully saturated rings. The number of para-hydroxylation sites is 1. The van der Waals surface area contributed by atoms with E-state index in [2.05, 4.69) is 10.4 Å². The van der Waals surface area contributed by atoms with Gasteiger partial charge in [0.2, 0.25) is 0 Å². The number of carbonyl (C=O) groups is 1. The molecule has 3 aromatic heterocycles. The number of carbonyl (C=O) groups excluding carboxylic acids is 1. The molecule has 0 aliphatic carbocycles. The Morgan fingerprint density at radius 1 is 1.29 bits per heavy atom. The van der Waals surface area contributed by atoms with Crippen LogP contribution in [0.25, 0.3) is 11.0 Å². The van der Waals surface area contributed by atoms with Gasteiger partial charge in [-0.2, -0.15) is 5.10 Å². The zero-order valence-corrected chi connectivity index (χ0v) is 15.0. The first kappa shape index (κ1) is 17.6. The van der Waals surface area contributed by atoms with Crippen molar-refractivity contribution in [2.45, 2.75) is 6.04 Å². The Bertz CT molecular complexity index is 1110. The van der Waals surface area contributed by atoms with Gasteiger partial charge in [-0.25, -0.2) is 4.79 Å². The van der Waals surface area contributed by atoms with Crippen LogP contribution in [0.1, 0.15) is 22.2 Å². The van der Waals surface area contributed by atoms with Crippen molar-refractivity contribution in [3.8, 4) is 5.75 Å². The summed E-state index contributed by atoms with van der Waals surface area (Å²) < 4.78 is 17.6. The Hall–Kier alpha value is -3.81. The smallest absolute Gasteiger partial charge is 0.349 e. The van der Waals surface area contributed by atoms with E-state index >= 15 is 0 Å². The molecule has 0 aliphatic heterocycles. The summed E-state index contributed by atoms with van der Waals surface area (Å²) in [5.74, 6) is 0.527. The lowest BCUT2D eigenvalue weighted by molar-refractivity contribution is 0.0944. The van der Waals surface area contributed by atoms with Crippen molar-refractivity contribution in [2.24, 2.45) is 0 Å². The fraction of sp³-hybridized carbons (Fsp3) is 0.150. The van der Waals surface area contributed by atoms with Crippen LogP contribution in [0.3, 0.4) is 0 Å². The first-order valence-corrected chi connectivity index (χ1v) is 8.59. The molecular formula is C20H17N3O5. The van der Waals surface area contributed by atoms with Crippen molar-refractivity contribution in [3.63, 3.8) is 0 Å². The molecule has 0 saturated heterocycles. The van der Waals surface area contributed by atoms with Gasteiger partial charge in [0.1, 0.15) is 17.4 Å². The second kappa shape index (κ2) is 7.43.